The number of carboxylic acid groups (broad SMARTS) is 1. The summed E-state index contributed by atoms with van der Waals surface area (Å²) >= 11 is 0. The number of fused-ring (bicyclic) bond motifs is 1. The third kappa shape index (κ3) is 5.73. The van der Waals surface area contributed by atoms with Crippen molar-refractivity contribution in [1.29, 1.82) is 0 Å². The third-order valence-corrected chi connectivity index (χ3v) is 7.32. The minimum absolute atomic E-state index is 0.103. The second kappa shape index (κ2) is 11.0. The molecule has 3 aromatic rings. The van der Waals surface area contributed by atoms with E-state index in [1.807, 2.05) is 19.1 Å². The van der Waals surface area contributed by atoms with E-state index in [1.54, 1.807) is 12.1 Å². The lowest BCUT2D eigenvalue weighted by Gasteiger charge is -2.32. The molecule has 3 atom stereocenters. The largest absolute Gasteiger partial charge is 0.494 e. The predicted octanol–water partition coefficient (Wildman–Crippen LogP) is 6.67. The molecule has 0 aliphatic heterocycles. The Morgan fingerprint density at radius 3 is 2.74 bits per heavy atom. The molecule has 0 saturated carbocycles. The molecular weight excluding hydrogens is 441 g/mol. The van der Waals surface area contributed by atoms with Crippen LogP contribution in [0.2, 0.25) is 0 Å². The number of carboxylic acids is 1. The molecule has 0 saturated heterocycles. The van der Waals surface area contributed by atoms with Crippen LogP contribution in [0.1, 0.15) is 76.3 Å². The number of aryl methyl sites for hydroxylation is 1. The molecule has 0 radical (unpaired) electrons. The molecule has 0 amide bonds. The quantitative estimate of drug-likeness (QED) is 0.340. The Hall–Kier alpha value is -3.18. The maximum absolute atomic E-state index is 13.7. The summed E-state index contributed by atoms with van der Waals surface area (Å²) in [5, 5.41) is 13.2. The average Bonchev–Trinajstić information content (AvgIpc) is 2.86. The molecule has 1 aliphatic rings. The fraction of sp³-hybridized carbons (Fsp3) is 0.367. The summed E-state index contributed by atoms with van der Waals surface area (Å²) in [5.41, 5.74) is 5.95. The van der Waals surface area contributed by atoms with Crippen LogP contribution in [0.15, 0.2) is 60.7 Å². The number of aromatic carboxylic acids is 1. The third-order valence-electron chi connectivity index (χ3n) is 7.32. The molecule has 0 aromatic heterocycles. The van der Waals surface area contributed by atoms with Crippen LogP contribution in [0.5, 0.6) is 5.75 Å². The van der Waals surface area contributed by atoms with Gasteiger partial charge in [0.05, 0.1) is 12.7 Å². The molecule has 35 heavy (non-hydrogen) atoms. The first-order valence-corrected chi connectivity index (χ1v) is 12.4. The summed E-state index contributed by atoms with van der Waals surface area (Å²) < 4.78 is 18.8. The fourth-order valence-corrected chi connectivity index (χ4v) is 5.31. The first kappa shape index (κ1) is 24.9. The Bertz CT molecular complexity index is 1190. The molecule has 0 heterocycles. The summed E-state index contributed by atoms with van der Waals surface area (Å²) in [6.45, 7) is 4.80. The average molecular weight is 476 g/mol. The molecular formula is C30H34FNO3. The number of rotatable bonds is 9. The predicted molar refractivity (Wildman–Crippen MR) is 137 cm³/mol. The van der Waals surface area contributed by atoms with E-state index in [-0.39, 0.29) is 23.5 Å². The van der Waals surface area contributed by atoms with E-state index in [9.17, 15) is 14.3 Å². The summed E-state index contributed by atoms with van der Waals surface area (Å²) in [5.74, 6) is -0.205. The second-order valence-corrected chi connectivity index (χ2v) is 9.65. The molecule has 2 unspecified atom stereocenters. The van der Waals surface area contributed by atoms with E-state index in [2.05, 4.69) is 42.6 Å². The lowest BCUT2D eigenvalue weighted by atomic mass is 9.72. The van der Waals surface area contributed by atoms with Crippen LogP contribution in [-0.2, 0) is 6.42 Å². The number of methoxy groups -OCH3 is 1. The van der Waals surface area contributed by atoms with Gasteiger partial charge in [-0.25, -0.2) is 9.18 Å². The maximum Gasteiger partial charge on any atom is 0.335 e. The SMILES string of the molecule is COc1cc([C@@H](C)NCCCC2Cc3ccccc3C(c3ccc(C)c(C(=O)O)c3)C2)ccc1F. The Balaban J connectivity index is 1.41. The number of ether oxygens (including phenoxy) is 1. The van der Waals surface area contributed by atoms with Gasteiger partial charge in [0.25, 0.3) is 0 Å². The van der Waals surface area contributed by atoms with Gasteiger partial charge in [-0.05, 0) is 98.0 Å². The smallest absolute Gasteiger partial charge is 0.335 e. The van der Waals surface area contributed by atoms with Crippen LogP contribution >= 0.6 is 0 Å². The first-order valence-electron chi connectivity index (χ1n) is 12.4. The van der Waals surface area contributed by atoms with Crippen LogP contribution in [-0.4, -0.2) is 24.7 Å². The molecule has 184 valence electrons. The number of halogens is 1. The van der Waals surface area contributed by atoms with Gasteiger partial charge in [-0.3, -0.25) is 0 Å². The summed E-state index contributed by atoms with van der Waals surface area (Å²) in [4.78, 5) is 11.7. The minimum Gasteiger partial charge on any atom is -0.494 e. The van der Waals surface area contributed by atoms with Gasteiger partial charge < -0.3 is 15.2 Å². The lowest BCUT2D eigenvalue weighted by molar-refractivity contribution is 0.0696. The Morgan fingerprint density at radius 1 is 1.17 bits per heavy atom. The summed E-state index contributed by atoms with van der Waals surface area (Å²) in [6, 6.07) is 19.6. The molecule has 5 heteroatoms. The van der Waals surface area contributed by atoms with Crippen LogP contribution in [0.3, 0.4) is 0 Å². The number of carbonyl (C=O) groups is 1. The van der Waals surface area contributed by atoms with Crippen molar-refractivity contribution in [2.45, 2.75) is 51.5 Å². The summed E-state index contributed by atoms with van der Waals surface area (Å²) in [7, 11) is 1.48. The van der Waals surface area contributed by atoms with Gasteiger partial charge >= 0.3 is 5.97 Å². The molecule has 3 aromatic carbocycles. The van der Waals surface area contributed by atoms with E-state index in [0.29, 0.717) is 11.5 Å². The van der Waals surface area contributed by atoms with Crippen LogP contribution in [0.4, 0.5) is 4.39 Å². The van der Waals surface area contributed by atoms with E-state index >= 15 is 0 Å². The molecule has 0 fully saturated rings. The number of nitrogens with one attached hydrogen (secondary N) is 1. The van der Waals surface area contributed by atoms with Crippen molar-refractivity contribution in [1.82, 2.24) is 5.32 Å². The van der Waals surface area contributed by atoms with Gasteiger partial charge in [0.1, 0.15) is 0 Å². The van der Waals surface area contributed by atoms with E-state index in [4.69, 9.17) is 4.74 Å². The minimum atomic E-state index is -0.871. The topological polar surface area (TPSA) is 58.6 Å². The van der Waals surface area contributed by atoms with Gasteiger partial charge in [0.15, 0.2) is 11.6 Å². The number of hydrogen-bond acceptors (Lipinski definition) is 3. The molecule has 2 N–H and O–H groups in total. The Morgan fingerprint density at radius 2 is 1.97 bits per heavy atom. The van der Waals surface area contributed by atoms with Crippen LogP contribution < -0.4 is 10.1 Å². The van der Waals surface area contributed by atoms with Gasteiger partial charge in [-0.1, -0.05) is 42.5 Å². The highest BCUT2D eigenvalue weighted by Crippen LogP contribution is 2.41. The monoisotopic (exact) mass is 475 g/mol. The highest BCUT2D eigenvalue weighted by Gasteiger charge is 2.28. The summed E-state index contributed by atoms with van der Waals surface area (Å²) in [6.07, 6.45) is 4.20. The van der Waals surface area contributed by atoms with Crippen molar-refractivity contribution in [3.63, 3.8) is 0 Å². The van der Waals surface area contributed by atoms with Gasteiger partial charge in [-0.2, -0.15) is 0 Å². The lowest BCUT2D eigenvalue weighted by Crippen LogP contribution is -2.23. The highest BCUT2D eigenvalue weighted by atomic mass is 19.1. The standard InChI is InChI=1S/C30H34FNO3/c1-19-10-11-24(17-26(19)30(33)34)27-16-21(15-23-8-4-5-9-25(23)27)7-6-14-32-20(2)22-12-13-28(31)29(18-22)35-3/h4-5,8-13,17-18,20-21,27,32H,6-7,14-16H2,1-3H3,(H,33,34)/t20-,21?,27?/m1/s1. The molecule has 0 bridgehead atoms. The molecule has 4 rings (SSSR count). The van der Waals surface area contributed by atoms with Crippen molar-refractivity contribution < 1.29 is 19.0 Å². The van der Waals surface area contributed by atoms with Crippen molar-refractivity contribution in [3.05, 3.63) is 99.9 Å². The van der Waals surface area contributed by atoms with E-state index < -0.39 is 5.97 Å². The van der Waals surface area contributed by atoms with Crippen molar-refractivity contribution in [2.24, 2.45) is 5.92 Å². The fourth-order valence-electron chi connectivity index (χ4n) is 5.31. The zero-order valence-corrected chi connectivity index (χ0v) is 20.7. The van der Waals surface area contributed by atoms with Gasteiger partial charge in [-0.15, -0.1) is 0 Å². The van der Waals surface area contributed by atoms with Crippen LogP contribution in [0, 0.1) is 18.7 Å². The zero-order valence-electron chi connectivity index (χ0n) is 20.7. The van der Waals surface area contributed by atoms with Crippen molar-refractivity contribution >= 4 is 5.97 Å². The maximum atomic E-state index is 13.7. The normalized spacial score (nSPS) is 18.1. The Labute approximate surface area is 207 Å². The second-order valence-electron chi connectivity index (χ2n) is 9.65. The number of benzene rings is 3. The van der Waals surface area contributed by atoms with E-state index in [0.717, 1.165) is 48.9 Å². The molecule has 0 spiro atoms. The van der Waals surface area contributed by atoms with Gasteiger partial charge in [0.2, 0.25) is 0 Å². The van der Waals surface area contributed by atoms with Crippen LogP contribution in [0.25, 0.3) is 0 Å². The highest BCUT2D eigenvalue weighted by molar-refractivity contribution is 5.89. The Kier molecular flexibility index (Phi) is 7.86. The van der Waals surface area contributed by atoms with E-state index in [1.165, 1.54) is 24.3 Å². The molecule has 4 nitrogen and oxygen atoms in total. The first-order chi connectivity index (χ1) is 16.9. The molecule has 1 aliphatic carbocycles. The zero-order chi connectivity index (χ0) is 24.9. The van der Waals surface area contributed by atoms with Crippen molar-refractivity contribution in [2.75, 3.05) is 13.7 Å². The van der Waals surface area contributed by atoms with Gasteiger partial charge in [0, 0.05) is 12.0 Å². The number of hydrogen-bond donors (Lipinski definition) is 2. The van der Waals surface area contributed by atoms with Crippen molar-refractivity contribution in [3.8, 4) is 5.75 Å².